The Bertz CT molecular complexity index is 620. The average Bonchev–Trinajstić information content (AvgIpc) is 3.09. The van der Waals surface area contributed by atoms with E-state index in [-0.39, 0.29) is 0 Å². The van der Waals surface area contributed by atoms with Gasteiger partial charge in [-0.2, -0.15) is 0 Å². The van der Waals surface area contributed by atoms with E-state index in [0.717, 1.165) is 18.9 Å². The number of hydrogen-bond donors (Lipinski definition) is 1. The molecule has 0 amide bonds. The third-order valence-electron chi connectivity index (χ3n) is 5.66. The second-order valence-corrected chi connectivity index (χ2v) is 7.65. The summed E-state index contributed by atoms with van der Waals surface area (Å²) in [5.41, 5.74) is 1.93. The van der Waals surface area contributed by atoms with E-state index in [1.165, 1.54) is 57.4 Å². The first kappa shape index (κ1) is 15.9. The Morgan fingerprint density at radius 2 is 1.67 bits per heavy atom. The summed E-state index contributed by atoms with van der Waals surface area (Å²) in [4.78, 5) is 12.9. The quantitative estimate of drug-likeness (QED) is 0.937. The maximum atomic E-state index is 4.41. The normalized spacial score (nSPS) is 26.0. The largest absolute Gasteiger partial charge is 0.348 e. The van der Waals surface area contributed by atoms with Crippen molar-refractivity contribution in [3.63, 3.8) is 0 Å². The molecule has 1 spiro atoms. The molecule has 4 rings (SSSR count). The van der Waals surface area contributed by atoms with Gasteiger partial charge in [0.05, 0.1) is 6.54 Å². The lowest BCUT2D eigenvalue weighted by atomic mass is 9.73. The fourth-order valence-corrected chi connectivity index (χ4v) is 4.66. The lowest BCUT2D eigenvalue weighted by Gasteiger charge is -2.48. The number of rotatable bonds is 4. The van der Waals surface area contributed by atoms with E-state index >= 15 is 0 Å². The first-order valence-corrected chi connectivity index (χ1v) is 9.28. The summed E-state index contributed by atoms with van der Waals surface area (Å²) in [6.07, 6.45) is 9.20. The first-order valence-electron chi connectivity index (χ1n) is 9.28. The Morgan fingerprint density at radius 1 is 0.958 bits per heavy atom. The Labute approximate surface area is 144 Å². The molecular weight excluding hydrogens is 296 g/mol. The van der Waals surface area contributed by atoms with Gasteiger partial charge in [0.25, 0.3) is 0 Å². The van der Waals surface area contributed by atoms with Gasteiger partial charge in [-0.25, -0.2) is 4.98 Å². The van der Waals surface area contributed by atoms with Crippen LogP contribution in [0.25, 0.3) is 0 Å². The molecule has 1 atom stereocenters. The van der Waals surface area contributed by atoms with Crippen LogP contribution in [-0.2, 0) is 13.1 Å². The molecule has 2 aliphatic rings. The molecule has 2 fully saturated rings. The van der Waals surface area contributed by atoms with Crippen LogP contribution in [0.3, 0.4) is 0 Å². The van der Waals surface area contributed by atoms with Crippen LogP contribution in [0.2, 0.25) is 0 Å². The molecule has 2 saturated heterocycles. The minimum Gasteiger partial charge on any atom is -0.348 e. The maximum Gasteiger partial charge on any atom is 0.120 e. The molecule has 4 nitrogen and oxygen atoms in total. The van der Waals surface area contributed by atoms with Gasteiger partial charge in [0, 0.05) is 32.0 Å². The van der Waals surface area contributed by atoms with Crippen molar-refractivity contribution >= 4 is 0 Å². The van der Waals surface area contributed by atoms with Gasteiger partial charge in [-0.15, -0.1) is 0 Å². The standard InChI is InChI=1S/C20H28N4/c1-2-6-18(7-3-1)14-23-12-4-8-20(16-23)9-5-13-24(17-20)15-19-21-10-11-22-19/h1-3,6-7,10-11H,4-5,8-9,12-17H2,(H,21,22). The highest BCUT2D eigenvalue weighted by atomic mass is 15.2. The van der Waals surface area contributed by atoms with Gasteiger partial charge in [-0.1, -0.05) is 30.3 Å². The van der Waals surface area contributed by atoms with Crippen LogP contribution < -0.4 is 0 Å². The fraction of sp³-hybridized carbons (Fsp3) is 0.550. The number of aromatic amines is 1. The summed E-state index contributed by atoms with van der Waals surface area (Å²) in [5.74, 6) is 1.10. The molecule has 0 aliphatic carbocycles. The lowest BCUT2D eigenvalue weighted by molar-refractivity contribution is 0.00701. The van der Waals surface area contributed by atoms with E-state index in [1.54, 1.807) is 0 Å². The SMILES string of the molecule is c1ccc(CN2CCCC3(CCCN(Cc4ncc[nH]4)C3)C2)cc1. The van der Waals surface area contributed by atoms with Crippen molar-refractivity contribution in [3.8, 4) is 0 Å². The van der Waals surface area contributed by atoms with E-state index in [1.807, 2.05) is 12.4 Å². The number of piperidine rings is 2. The van der Waals surface area contributed by atoms with Crippen LogP contribution in [0.5, 0.6) is 0 Å². The molecule has 128 valence electrons. The molecule has 1 aromatic carbocycles. The molecule has 24 heavy (non-hydrogen) atoms. The number of nitrogens with zero attached hydrogens (tertiary/aromatic N) is 3. The van der Waals surface area contributed by atoms with Crippen molar-refractivity contribution in [1.29, 1.82) is 0 Å². The highest BCUT2D eigenvalue weighted by molar-refractivity contribution is 5.14. The highest BCUT2D eigenvalue weighted by Crippen LogP contribution is 2.39. The minimum atomic E-state index is 0.484. The Balaban J connectivity index is 1.40. The predicted octanol–water partition coefficient (Wildman–Crippen LogP) is 3.29. The molecular formula is C20H28N4. The number of nitrogens with one attached hydrogen (secondary N) is 1. The molecule has 0 saturated carbocycles. The molecule has 1 N–H and O–H groups in total. The van der Waals surface area contributed by atoms with E-state index in [0.29, 0.717) is 5.41 Å². The van der Waals surface area contributed by atoms with Crippen molar-refractivity contribution in [3.05, 3.63) is 54.1 Å². The summed E-state index contributed by atoms with van der Waals surface area (Å²) in [6.45, 7) is 6.99. The summed E-state index contributed by atoms with van der Waals surface area (Å²) in [7, 11) is 0. The van der Waals surface area contributed by atoms with Crippen molar-refractivity contribution < 1.29 is 0 Å². The van der Waals surface area contributed by atoms with E-state index in [4.69, 9.17) is 0 Å². The first-order chi connectivity index (χ1) is 11.8. The van der Waals surface area contributed by atoms with Crippen molar-refractivity contribution in [2.24, 2.45) is 5.41 Å². The minimum absolute atomic E-state index is 0.484. The highest BCUT2D eigenvalue weighted by Gasteiger charge is 2.39. The molecule has 4 heteroatoms. The van der Waals surface area contributed by atoms with Crippen LogP contribution in [0.4, 0.5) is 0 Å². The van der Waals surface area contributed by atoms with Gasteiger partial charge in [0.2, 0.25) is 0 Å². The van der Waals surface area contributed by atoms with E-state index in [9.17, 15) is 0 Å². The number of likely N-dealkylation sites (tertiary alicyclic amines) is 2. The van der Waals surface area contributed by atoms with Gasteiger partial charge < -0.3 is 4.98 Å². The Hall–Kier alpha value is -1.65. The molecule has 1 unspecified atom stereocenters. The Kier molecular flexibility index (Phi) is 4.67. The number of H-pyrrole nitrogens is 1. The summed E-state index contributed by atoms with van der Waals surface area (Å²) in [6, 6.07) is 10.9. The lowest BCUT2D eigenvalue weighted by Crippen LogP contribution is -2.51. The monoisotopic (exact) mass is 324 g/mol. The van der Waals surface area contributed by atoms with Gasteiger partial charge in [-0.3, -0.25) is 9.80 Å². The Morgan fingerprint density at radius 3 is 2.33 bits per heavy atom. The number of imidazole rings is 1. The van der Waals surface area contributed by atoms with Crippen molar-refractivity contribution in [2.45, 2.75) is 38.8 Å². The van der Waals surface area contributed by atoms with E-state index < -0.39 is 0 Å². The zero-order chi connectivity index (χ0) is 16.2. The van der Waals surface area contributed by atoms with Crippen LogP contribution in [0.1, 0.15) is 37.1 Å². The summed E-state index contributed by atoms with van der Waals surface area (Å²) in [5, 5.41) is 0. The third kappa shape index (κ3) is 3.70. The average molecular weight is 324 g/mol. The van der Waals surface area contributed by atoms with Gasteiger partial charge >= 0.3 is 0 Å². The number of benzene rings is 1. The smallest absolute Gasteiger partial charge is 0.120 e. The zero-order valence-corrected chi connectivity index (χ0v) is 14.5. The van der Waals surface area contributed by atoms with E-state index in [2.05, 4.69) is 50.1 Å². The molecule has 2 aromatic rings. The molecule has 2 aliphatic heterocycles. The van der Waals surface area contributed by atoms with Crippen molar-refractivity contribution in [2.75, 3.05) is 26.2 Å². The molecule has 0 bridgehead atoms. The van der Waals surface area contributed by atoms with Gasteiger partial charge in [-0.05, 0) is 49.8 Å². The van der Waals surface area contributed by atoms with Crippen LogP contribution in [0.15, 0.2) is 42.7 Å². The molecule has 0 radical (unpaired) electrons. The number of aromatic nitrogens is 2. The third-order valence-corrected chi connectivity index (χ3v) is 5.66. The van der Waals surface area contributed by atoms with Crippen LogP contribution in [-0.4, -0.2) is 45.9 Å². The van der Waals surface area contributed by atoms with Crippen LogP contribution >= 0.6 is 0 Å². The van der Waals surface area contributed by atoms with Crippen LogP contribution in [0, 0.1) is 5.41 Å². The summed E-state index contributed by atoms with van der Waals surface area (Å²) < 4.78 is 0. The second kappa shape index (κ2) is 7.08. The van der Waals surface area contributed by atoms with Gasteiger partial charge in [0.15, 0.2) is 0 Å². The summed E-state index contributed by atoms with van der Waals surface area (Å²) >= 11 is 0. The topological polar surface area (TPSA) is 35.2 Å². The number of hydrogen-bond acceptors (Lipinski definition) is 3. The molecule has 3 heterocycles. The zero-order valence-electron chi connectivity index (χ0n) is 14.5. The van der Waals surface area contributed by atoms with Gasteiger partial charge in [0.1, 0.15) is 5.82 Å². The second-order valence-electron chi connectivity index (χ2n) is 7.65. The predicted molar refractivity (Wildman–Crippen MR) is 96.5 cm³/mol. The van der Waals surface area contributed by atoms with Crippen molar-refractivity contribution in [1.82, 2.24) is 19.8 Å². The fourth-order valence-electron chi connectivity index (χ4n) is 4.66. The maximum absolute atomic E-state index is 4.41. The molecule has 1 aromatic heterocycles.